The normalized spacial score (nSPS) is 19.4. The summed E-state index contributed by atoms with van der Waals surface area (Å²) in [6.07, 6.45) is 1.24. The van der Waals surface area contributed by atoms with Crippen molar-refractivity contribution in [2.45, 2.75) is 27.2 Å². The zero-order valence-electron chi connectivity index (χ0n) is 9.34. The van der Waals surface area contributed by atoms with Crippen LogP contribution in [-0.4, -0.2) is 37.6 Å². The van der Waals surface area contributed by atoms with Crippen molar-refractivity contribution in [2.75, 3.05) is 32.7 Å². The first-order chi connectivity index (χ1) is 6.24. The van der Waals surface area contributed by atoms with E-state index in [-0.39, 0.29) is 0 Å². The van der Waals surface area contributed by atoms with Crippen molar-refractivity contribution in [1.29, 1.82) is 0 Å². The van der Waals surface area contributed by atoms with Gasteiger partial charge in [-0.15, -0.1) is 0 Å². The van der Waals surface area contributed by atoms with Crippen LogP contribution < -0.4 is 5.32 Å². The number of hydrogen-bond acceptors (Lipinski definition) is 2. The third-order valence-corrected chi connectivity index (χ3v) is 2.96. The highest BCUT2D eigenvalue weighted by molar-refractivity contribution is 4.81. The van der Waals surface area contributed by atoms with E-state index < -0.39 is 0 Å². The van der Waals surface area contributed by atoms with E-state index >= 15 is 0 Å². The van der Waals surface area contributed by atoms with Gasteiger partial charge >= 0.3 is 0 Å². The molecule has 1 N–H and O–H groups in total. The molecule has 0 amide bonds. The van der Waals surface area contributed by atoms with Gasteiger partial charge in [0, 0.05) is 26.2 Å². The summed E-state index contributed by atoms with van der Waals surface area (Å²) < 4.78 is 0. The fraction of sp³-hybridized carbons (Fsp3) is 1.00. The van der Waals surface area contributed by atoms with Gasteiger partial charge in [-0.1, -0.05) is 20.8 Å². The van der Waals surface area contributed by atoms with E-state index in [4.69, 9.17) is 0 Å². The average molecular weight is 184 g/mol. The van der Waals surface area contributed by atoms with Crippen LogP contribution in [0.1, 0.15) is 27.2 Å². The summed E-state index contributed by atoms with van der Waals surface area (Å²) >= 11 is 0. The minimum Gasteiger partial charge on any atom is -0.315 e. The van der Waals surface area contributed by atoms with Gasteiger partial charge < -0.3 is 10.2 Å². The van der Waals surface area contributed by atoms with E-state index in [1.165, 1.54) is 39.1 Å². The molecule has 1 saturated heterocycles. The molecule has 0 aromatic rings. The molecule has 0 radical (unpaired) electrons. The molecule has 78 valence electrons. The van der Waals surface area contributed by atoms with Crippen LogP contribution in [0.2, 0.25) is 0 Å². The SMILES string of the molecule is CCCNCCN1CC(C(C)C)C1. The fourth-order valence-electron chi connectivity index (χ4n) is 1.75. The Kier molecular flexibility index (Phi) is 4.74. The quantitative estimate of drug-likeness (QED) is 0.630. The second kappa shape index (κ2) is 5.61. The van der Waals surface area contributed by atoms with Crippen LogP contribution in [0.25, 0.3) is 0 Å². The maximum Gasteiger partial charge on any atom is 0.0107 e. The molecule has 0 aliphatic carbocycles. The number of likely N-dealkylation sites (tertiary alicyclic amines) is 1. The molecule has 2 heteroatoms. The smallest absolute Gasteiger partial charge is 0.0107 e. The summed E-state index contributed by atoms with van der Waals surface area (Å²) in [5, 5.41) is 3.44. The molecule has 1 aliphatic heterocycles. The minimum atomic E-state index is 0.875. The van der Waals surface area contributed by atoms with E-state index in [9.17, 15) is 0 Å². The third kappa shape index (κ3) is 3.65. The van der Waals surface area contributed by atoms with Crippen molar-refractivity contribution in [3.8, 4) is 0 Å². The Morgan fingerprint density at radius 1 is 1.31 bits per heavy atom. The van der Waals surface area contributed by atoms with E-state index in [1.54, 1.807) is 0 Å². The highest BCUT2D eigenvalue weighted by Gasteiger charge is 2.27. The first-order valence-corrected chi connectivity index (χ1v) is 5.67. The summed E-state index contributed by atoms with van der Waals surface area (Å²) in [4.78, 5) is 2.55. The Morgan fingerprint density at radius 2 is 2.00 bits per heavy atom. The lowest BCUT2D eigenvalue weighted by Gasteiger charge is -2.41. The zero-order chi connectivity index (χ0) is 9.68. The lowest BCUT2D eigenvalue weighted by atomic mass is 9.88. The van der Waals surface area contributed by atoms with Crippen molar-refractivity contribution in [3.63, 3.8) is 0 Å². The Hall–Kier alpha value is -0.0800. The lowest BCUT2D eigenvalue weighted by Crippen LogP contribution is -2.50. The standard InChI is InChI=1S/C11H24N2/c1-4-5-12-6-7-13-8-11(9-13)10(2)3/h10-12H,4-9H2,1-3H3. The monoisotopic (exact) mass is 184 g/mol. The zero-order valence-corrected chi connectivity index (χ0v) is 9.34. The lowest BCUT2D eigenvalue weighted by molar-refractivity contribution is 0.0699. The fourth-order valence-corrected chi connectivity index (χ4v) is 1.75. The van der Waals surface area contributed by atoms with E-state index in [0.29, 0.717) is 0 Å². The van der Waals surface area contributed by atoms with Crippen molar-refractivity contribution < 1.29 is 0 Å². The van der Waals surface area contributed by atoms with Crippen molar-refractivity contribution >= 4 is 0 Å². The predicted molar refractivity (Wildman–Crippen MR) is 57.9 cm³/mol. The van der Waals surface area contributed by atoms with Crippen LogP contribution in [-0.2, 0) is 0 Å². The molecule has 1 aliphatic rings. The second-order valence-electron chi connectivity index (χ2n) is 4.51. The number of rotatable bonds is 6. The first kappa shape index (κ1) is 11.0. The molecule has 2 nitrogen and oxygen atoms in total. The third-order valence-electron chi connectivity index (χ3n) is 2.96. The Morgan fingerprint density at radius 3 is 2.54 bits per heavy atom. The summed E-state index contributed by atoms with van der Waals surface area (Å²) in [7, 11) is 0. The van der Waals surface area contributed by atoms with Crippen LogP contribution in [0.4, 0.5) is 0 Å². The van der Waals surface area contributed by atoms with Gasteiger partial charge in [-0.05, 0) is 24.8 Å². The van der Waals surface area contributed by atoms with Gasteiger partial charge in [-0.3, -0.25) is 0 Å². The molecular weight excluding hydrogens is 160 g/mol. The van der Waals surface area contributed by atoms with Crippen LogP contribution in [0.3, 0.4) is 0 Å². The topological polar surface area (TPSA) is 15.3 Å². The maximum atomic E-state index is 3.44. The molecule has 0 bridgehead atoms. The van der Waals surface area contributed by atoms with Crippen LogP contribution >= 0.6 is 0 Å². The molecule has 0 saturated carbocycles. The van der Waals surface area contributed by atoms with E-state index in [0.717, 1.165) is 11.8 Å². The van der Waals surface area contributed by atoms with E-state index in [2.05, 4.69) is 31.0 Å². The number of hydrogen-bond donors (Lipinski definition) is 1. The van der Waals surface area contributed by atoms with Gasteiger partial charge in [-0.25, -0.2) is 0 Å². The molecule has 0 unspecified atom stereocenters. The van der Waals surface area contributed by atoms with Gasteiger partial charge in [0.1, 0.15) is 0 Å². The van der Waals surface area contributed by atoms with Gasteiger partial charge in [0.2, 0.25) is 0 Å². The Balaban J connectivity index is 1.90. The largest absolute Gasteiger partial charge is 0.315 e. The highest BCUT2D eigenvalue weighted by atomic mass is 15.2. The molecule has 1 heterocycles. The number of nitrogens with one attached hydrogen (secondary N) is 1. The Labute approximate surface area is 82.7 Å². The summed E-state index contributed by atoms with van der Waals surface area (Å²) in [5.41, 5.74) is 0. The van der Waals surface area contributed by atoms with Crippen molar-refractivity contribution in [3.05, 3.63) is 0 Å². The Bertz CT molecular complexity index is 128. The molecule has 0 aromatic heterocycles. The molecule has 0 spiro atoms. The van der Waals surface area contributed by atoms with Gasteiger partial charge in [0.05, 0.1) is 0 Å². The van der Waals surface area contributed by atoms with Crippen molar-refractivity contribution in [2.24, 2.45) is 11.8 Å². The van der Waals surface area contributed by atoms with Crippen LogP contribution in [0.15, 0.2) is 0 Å². The molecule has 1 fully saturated rings. The predicted octanol–water partition coefficient (Wildman–Crippen LogP) is 1.57. The van der Waals surface area contributed by atoms with Crippen LogP contribution in [0, 0.1) is 11.8 Å². The molecule has 1 rings (SSSR count). The van der Waals surface area contributed by atoms with Gasteiger partial charge in [-0.2, -0.15) is 0 Å². The van der Waals surface area contributed by atoms with Gasteiger partial charge in [0.25, 0.3) is 0 Å². The molecule has 0 aromatic carbocycles. The summed E-state index contributed by atoms with van der Waals surface area (Å²) in [5.74, 6) is 1.84. The number of nitrogens with zero attached hydrogens (tertiary/aromatic N) is 1. The highest BCUT2D eigenvalue weighted by Crippen LogP contribution is 2.22. The van der Waals surface area contributed by atoms with Gasteiger partial charge in [0.15, 0.2) is 0 Å². The van der Waals surface area contributed by atoms with E-state index in [1.807, 2.05) is 0 Å². The summed E-state index contributed by atoms with van der Waals surface area (Å²) in [6, 6.07) is 0. The molecule has 13 heavy (non-hydrogen) atoms. The maximum absolute atomic E-state index is 3.44. The van der Waals surface area contributed by atoms with Crippen LogP contribution in [0.5, 0.6) is 0 Å². The molecule has 0 atom stereocenters. The average Bonchev–Trinajstić information content (AvgIpc) is 2.00. The minimum absolute atomic E-state index is 0.875. The van der Waals surface area contributed by atoms with Crippen molar-refractivity contribution in [1.82, 2.24) is 10.2 Å². The first-order valence-electron chi connectivity index (χ1n) is 5.67. The summed E-state index contributed by atoms with van der Waals surface area (Å²) in [6.45, 7) is 13.1. The second-order valence-corrected chi connectivity index (χ2v) is 4.51. The molecular formula is C11H24N2.